The van der Waals surface area contributed by atoms with Gasteiger partial charge >= 0.3 is 0 Å². The summed E-state index contributed by atoms with van der Waals surface area (Å²) in [4.78, 5) is 10.1. The Morgan fingerprint density at radius 3 is 2.26 bits per heavy atom. The molecule has 0 radical (unpaired) electrons. The van der Waals surface area contributed by atoms with E-state index in [1.54, 1.807) is 12.1 Å². The van der Waals surface area contributed by atoms with Crippen molar-refractivity contribution in [2.45, 2.75) is 18.9 Å². The summed E-state index contributed by atoms with van der Waals surface area (Å²) < 4.78 is 0. The van der Waals surface area contributed by atoms with Crippen LogP contribution in [0, 0.1) is 10.1 Å². The van der Waals surface area contributed by atoms with Gasteiger partial charge in [-0.3, -0.25) is 10.1 Å². The van der Waals surface area contributed by atoms with Crippen molar-refractivity contribution in [3.8, 4) is 0 Å². The van der Waals surface area contributed by atoms with E-state index in [1.165, 1.54) is 17.7 Å². The quantitative estimate of drug-likeness (QED) is 0.660. The number of hydrogen-bond donors (Lipinski definition) is 1. The molecular formula is C15H15NO3. The minimum absolute atomic E-state index is 0.0407. The summed E-state index contributed by atoms with van der Waals surface area (Å²) in [5, 5.41) is 20.6. The molecule has 2 aromatic rings. The molecule has 0 spiro atoms. The van der Waals surface area contributed by atoms with E-state index in [-0.39, 0.29) is 5.69 Å². The van der Waals surface area contributed by atoms with Gasteiger partial charge in [0.1, 0.15) is 0 Å². The van der Waals surface area contributed by atoms with Gasteiger partial charge in [0, 0.05) is 12.1 Å². The fraction of sp³-hybridized carbons (Fsp3) is 0.200. The molecule has 0 saturated heterocycles. The molecule has 4 nitrogen and oxygen atoms in total. The molecule has 0 fully saturated rings. The topological polar surface area (TPSA) is 63.4 Å². The fourth-order valence-electron chi connectivity index (χ4n) is 1.93. The van der Waals surface area contributed by atoms with Crippen molar-refractivity contribution in [1.29, 1.82) is 0 Å². The van der Waals surface area contributed by atoms with E-state index in [2.05, 4.69) is 0 Å². The van der Waals surface area contributed by atoms with Crippen LogP contribution in [0.4, 0.5) is 5.69 Å². The number of aliphatic hydroxyl groups is 1. The predicted octanol–water partition coefficient (Wildman–Crippen LogP) is 3.26. The smallest absolute Gasteiger partial charge is 0.269 e. The van der Waals surface area contributed by atoms with Gasteiger partial charge in [-0.1, -0.05) is 30.3 Å². The molecule has 0 aliphatic carbocycles. The lowest BCUT2D eigenvalue weighted by atomic mass is 10.0. The first kappa shape index (κ1) is 13.2. The molecule has 0 aliphatic rings. The van der Waals surface area contributed by atoms with E-state index in [0.717, 1.165) is 6.42 Å². The summed E-state index contributed by atoms with van der Waals surface area (Å²) >= 11 is 0. The molecule has 98 valence electrons. The van der Waals surface area contributed by atoms with Crippen LogP contribution in [0.5, 0.6) is 0 Å². The standard InChI is InChI=1S/C15H15NO3/c17-15(11-6-12-4-2-1-3-5-12)13-7-9-14(10-8-13)16(18)19/h1-5,7-10,15,17H,6,11H2. The molecule has 2 rings (SSSR count). The van der Waals surface area contributed by atoms with Gasteiger partial charge in [-0.15, -0.1) is 0 Å². The number of nitro benzene ring substituents is 1. The molecule has 0 aliphatic heterocycles. The minimum atomic E-state index is -0.596. The molecule has 0 heterocycles. The van der Waals surface area contributed by atoms with Crippen LogP contribution >= 0.6 is 0 Å². The van der Waals surface area contributed by atoms with E-state index in [1.807, 2.05) is 30.3 Å². The number of aryl methyl sites for hydroxylation is 1. The van der Waals surface area contributed by atoms with Gasteiger partial charge in [-0.25, -0.2) is 0 Å². The van der Waals surface area contributed by atoms with Gasteiger partial charge in [0.2, 0.25) is 0 Å². The van der Waals surface area contributed by atoms with Gasteiger partial charge in [-0.2, -0.15) is 0 Å². The molecule has 0 saturated carbocycles. The minimum Gasteiger partial charge on any atom is -0.388 e. The Bertz CT molecular complexity index is 537. The second-order valence-electron chi connectivity index (χ2n) is 4.39. The number of nitro groups is 1. The first-order chi connectivity index (χ1) is 9.16. The number of non-ortho nitro benzene ring substituents is 1. The lowest BCUT2D eigenvalue weighted by Gasteiger charge is -2.10. The third-order valence-corrected chi connectivity index (χ3v) is 3.04. The first-order valence-electron chi connectivity index (χ1n) is 6.13. The number of rotatable bonds is 5. The highest BCUT2D eigenvalue weighted by Gasteiger charge is 2.10. The molecule has 1 N–H and O–H groups in total. The van der Waals surface area contributed by atoms with Gasteiger partial charge in [0.15, 0.2) is 0 Å². The average Bonchev–Trinajstić information content (AvgIpc) is 2.46. The number of nitrogens with zero attached hydrogens (tertiary/aromatic N) is 1. The van der Waals surface area contributed by atoms with Crippen LogP contribution in [0.25, 0.3) is 0 Å². The summed E-state index contributed by atoms with van der Waals surface area (Å²) in [5.74, 6) is 0. The van der Waals surface area contributed by atoms with Crippen LogP contribution in [-0.2, 0) is 6.42 Å². The van der Waals surface area contributed by atoms with E-state index in [0.29, 0.717) is 12.0 Å². The molecular weight excluding hydrogens is 242 g/mol. The highest BCUT2D eigenvalue weighted by Crippen LogP contribution is 2.21. The fourth-order valence-corrected chi connectivity index (χ4v) is 1.93. The molecule has 4 heteroatoms. The van der Waals surface area contributed by atoms with Gasteiger partial charge in [0.05, 0.1) is 11.0 Å². The Hall–Kier alpha value is -2.20. The van der Waals surface area contributed by atoms with Crippen molar-refractivity contribution in [3.05, 3.63) is 75.8 Å². The second kappa shape index (κ2) is 6.11. The molecule has 1 atom stereocenters. The number of aliphatic hydroxyl groups excluding tert-OH is 1. The van der Waals surface area contributed by atoms with E-state index >= 15 is 0 Å². The summed E-state index contributed by atoms with van der Waals surface area (Å²) in [7, 11) is 0. The van der Waals surface area contributed by atoms with E-state index < -0.39 is 11.0 Å². The zero-order valence-electron chi connectivity index (χ0n) is 10.4. The second-order valence-corrected chi connectivity index (χ2v) is 4.39. The maximum Gasteiger partial charge on any atom is 0.269 e. The molecule has 19 heavy (non-hydrogen) atoms. The molecule has 1 unspecified atom stereocenters. The van der Waals surface area contributed by atoms with Crippen molar-refractivity contribution in [2.75, 3.05) is 0 Å². The summed E-state index contributed by atoms with van der Waals surface area (Å²) in [6.45, 7) is 0. The number of hydrogen-bond acceptors (Lipinski definition) is 3. The average molecular weight is 257 g/mol. The zero-order chi connectivity index (χ0) is 13.7. The largest absolute Gasteiger partial charge is 0.388 e. The SMILES string of the molecule is O=[N+]([O-])c1ccc(C(O)CCc2ccccc2)cc1. The van der Waals surface area contributed by atoms with Crippen molar-refractivity contribution < 1.29 is 10.0 Å². The molecule has 0 aromatic heterocycles. The van der Waals surface area contributed by atoms with Gasteiger partial charge in [-0.05, 0) is 36.1 Å². The van der Waals surface area contributed by atoms with Crippen LogP contribution in [0.2, 0.25) is 0 Å². The van der Waals surface area contributed by atoms with Crippen LogP contribution in [0.15, 0.2) is 54.6 Å². The Morgan fingerprint density at radius 1 is 1.05 bits per heavy atom. The van der Waals surface area contributed by atoms with Crippen molar-refractivity contribution in [3.63, 3.8) is 0 Å². The lowest BCUT2D eigenvalue weighted by Crippen LogP contribution is -2.00. The Morgan fingerprint density at radius 2 is 1.68 bits per heavy atom. The molecule has 0 bridgehead atoms. The van der Waals surface area contributed by atoms with Crippen LogP contribution in [-0.4, -0.2) is 10.0 Å². The van der Waals surface area contributed by atoms with E-state index in [9.17, 15) is 15.2 Å². The van der Waals surface area contributed by atoms with Gasteiger partial charge < -0.3 is 5.11 Å². The summed E-state index contributed by atoms with van der Waals surface area (Å²) in [5.41, 5.74) is 1.92. The van der Waals surface area contributed by atoms with Crippen molar-refractivity contribution in [1.82, 2.24) is 0 Å². The first-order valence-corrected chi connectivity index (χ1v) is 6.13. The monoisotopic (exact) mass is 257 g/mol. The van der Waals surface area contributed by atoms with Crippen LogP contribution in [0.1, 0.15) is 23.7 Å². The summed E-state index contributed by atoms with van der Waals surface area (Å²) in [6, 6.07) is 16.0. The normalized spacial score (nSPS) is 12.1. The van der Waals surface area contributed by atoms with Crippen LogP contribution < -0.4 is 0 Å². The Balaban J connectivity index is 1.96. The highest BCUT2D eigenvalue weighted by molar-refractivity contribution is 5.33. The Labute approximate surface area is 111 Å². The molecule has 0 amide bonds. The van der Waals surface area contributed by atoms with Crippen molar-refractivity contribution in [2.24, 2.45) is 0 Å². The zero-order valence-corrected chi connectivity index (χ0v) is 10.4. The molecule has 2 aromatic carbocycles. The lowest BCUT2D eigenvalue weighted by molar-refractivity contribution is -0.384. The van der Waals surface area contributed by atoms with Gasteiger partial charge in [0.25, 0.3) is 5.69 Å². The number of benzene rings is 2. The third-order valence-electron chi connectivity index (χ3n) is 3.04. The van der Waals surface area contributed by atoms with Crippen LogP contribution in [0.3, 0.4) is 0 Å². The van der Waals surface area contributed by atoms with Crippen molar-refractivity contribution >= 4 is 5.69 Å². The third kappa shape index (κ3) is 3.63. The predicted molar refractivity (Wildman–Crippen MR) is 72.8 cm³/mol. The summed E-state index contributed by atoms with van der Waals surface area (Å²) in [6.07, 6.45) is 0.780. The maximum atomic E-state index is 10.5. The van der Waals surface area contributed by atoms with E-state index in [4.69, 9.17) is 0 Å². The highest BCUT2D eigenvalue weighted by atomic mass is 16.6. The maximum absolute atomic E-state index is 10.5. The Kier molecular flexibility index (Phi) is 4.26.